The molecule has 2 N–H and O–H groups in total. The SMILES string of the molecule is CCOc1ccc(NC(=S)NC(C)c2ccc(N3CCCC(C)C3)cc2)cc1. The molecule has 3 rings (SSSR count). The molecule has 0 amide bonds. The number of nitrogens with one attached hydrogen (secondary N) is 2. The van der Waals surface area contributed by atoms with Crippen LogP contribution in [0.1, 0.15) is 45.2 Å². The molecule has 0 spiro atoms. The monoisotopic (exact) mass is 397 g/mol. The summed E-state index contributed by atoms with van der Waals surface area (Å²) in [7, 11) is 0. The molecule has 28 heavy (non-hydrogen) atoms. The standard InChI is InChI=1S/C23H31N3OS/c1-4-27-22-13-9-20(10-14-22)25-23(28)24-18(3)19-7-11-21(12-8-19)26-15-5-6-17(2)16-26/h7-14,17-18H,4-6,15-16H2,1-3H3,(H2,24,25,28). The molecule has 1 saturated heterocycles. The van der Waals surface area contributed by atoms with E-state index < -0.39 is 0 Å². The van der Waals surface area contributed by atoms with Gasteiger partial charge in [-0.2, -0.15) is 0 Å². The van der Waals surface area contributed by atoms with Gasteiger partial charge in [-0.25, -0.2) is 0 Å². The Morgan fingerprint density at radius 3 is 2.54 bits per heavy atom. The van der Waals surface area contributed by atoms with E-state index in [1.807, 2.05) is 31.2 Å². The second-order valence-electron chi connectivity index (χ2n) is 7.56. The number of rotatable bonds is 6. The van der Waals surface area contributed by atoms with Crippen molar-refractivity contribution in [1.82, 2.24) is 5.32 Å². The van der Waals surface area contributed by atoms with Crippen molar-refractivity contribution in [2.45, 2.75) is 39.7 Å². The quantitative estimate of drug-likeness (QED) is 0.641. The Balaban J connectivity index is 1.53. The maximum Gasteiger partial charge on any atom is 0.171 e. The second-order valence-corrected chi connectivity index (χ2v) is 7.97. The number of piperidine rings is 1. The van der Waals surface area contributed by atoms with Crippen LogP contribution in [0, 0.1) is 5.92 Å². The summed E-state index contributed by atoms with van der Waals surface area (Å²) in [6.07, 6.45) is 2.63. The van der Waals surface area contributed by atoms with Gasteiger partial charge in [0, 0.05) is 24.5 Å². The van der Waals surface area contributed by atoms with Crippen molar-refractivity contribution >= 4 is 28.7 Å². The lowest BCUT2D eigenvalue weighted by atomic mass is 9.99. The molecule has 2 aromatic rings. The first kappa shape index (κ1) is 20.5. The largest absolute Gasteiger partial charge is 0.494 e. The van der Waals surface area contributed by atoms with Crippen molar-refractivity contribution < 1.29 is 4.74 Å². The first-order chi connectivity index (χ1) is 13.5. The molecule has 1 aliphatic rings. The normalized spacial score (nSPS) is 17.7. The minimum Gasteiger partial charge on any atom is -0.494 e. The van der Waals surface area contributed by atoms with E-state index >= 15 is 0 Å². The van der Waals surface area contributed by atoms with Crippen molar-refractivity contribution in [1.29, 1.82) is 0 Å². The van der Waals surface area contributed by atoms with Crippen LogP contribution in [0.25, 0.3) is 0 Å². The van der Waals surface area contributed by atoms with Gasteiger partial charge in [-0.15, -0.1) is 0 Å². The van der Waals surface area contributed by atoms with E-state index in [1.54, 1.807) is 0 Å². The molecule has 4 nitrogen and oxygen atoms in total. The first-order valence-corrected chi connectivity index (χ1v) is 10.6. The summed E-state index contributed by atoms with van der Waals surface area (Å²) in [6.45, 7) is 9.43. The number of hydrogen-bond acceptors (Lipinski definition) is 3. The van der Waals surface area contributed by atoms with Crippen molar-refractivity contribution in [3.63, 3.8) is 0 Å². The second kappa shape index (κ2) is 9.78. The fourth-order valence-electron chi connectivity index (χ4n) is 3.65. The Morgan fingerprint density at radius 2 is 1.89 bits per heavy atom. The summed E-state index contributed by atoms with van der Waals surface area (Å²) in [4.78, 5) is 2.49. The average Bonchev–Trinajstić information content (AvgIpc) is 2.70. The molecular formula is C23H31N3OS. The molecule has 150 valence electrons. The third-order valence-electron chi connectivity index (χ3n) is 5.19. The van der Waals surface area contributed by atoms with Crippen LogP contribution in [-0.4, -0.2) is 24.8 Å². The van der Waals surface area contributed by atoms with Gasteiger partial charge in [-0.3, -0.25) is 0 Å². The van der Waals surface area contributed by atoms with Gasteiger partial charge < -0.3 is 20.3 Å². The van der Waals surface area contributed by atoms with Crippen LogP contribution in [0.5, 0.6) is 5.75 Å². The lowest BCUT2D eigenvalue weighted by Crippen LogP contribution is -2.34. The third-order valence-corrected chi connectivity index (χ3v) is 5.41. The Morgan fingerprint density at radius 1 is 1.18 bits per heavy atom. The van der Waals surface area contributed by atoms with Gasteiger partial charge >= 0.3 is 0 Å². The zero-order chi connectivity index (χ0) is 19.9. The summed E-state index contributed by atoms with van der Waals surface area (Å²) < 4.78 is 5.47. The van der Waals surface area contributed by atoms with Gasteiger partial charge in [-0.1, -0.05) is 19.1 Å². The number of nitrogens with zero attached hydrogens (tertiary/aromatic N) is 1. The molecule has 0 saturated carbocycles. The highest BCUT2D eigenvalue weighted by Gasteiger charge is 2.17. The fourth-order valence-corrected chi connectivity index (χ4v) is 3.94. The Labute approximate surface area is 174 Å². The summed E-state index contributed by atoms with van der Waals surface area (Å²) in [6, 6.07) is 16.8. The molecule has 1 heterocycles. The molecule has 0 radical (unpaired) electrons. The molecule has 0 aliphatic carbocycles. The highest BCUT2D eigenvalue weighted by atomic mass is 32.1. The summed E-state index contributed by atoms with van der Waals surface area (Å²) in [5.74, 6) is 1.64. The maximum absolute atomic E-state index is 5.48. The molecule has 1 aliphatic heterocycles. The minimum atomic E-state index is 0.136. The number of hydrogen-bond donors (Lipinski definition) is 2. The van der Waals surface area contributed by atoms with Crippen LogP contribution >= 0.6 is 12.2 Å². The van der Waals surface area contributed by atoms with Crippen LogP contribution in [-0.2, 0) is 0 Å². The highest BCUT2D eigenvalue weighted by molar-refractivity contribution is 7.80. The maximum atomic E-state index is 5.48. The topological polar surface area (TPSA) is 36.5 Å². The van der Waals surface area contributed by atoms with Crippen LogP contribution in [0.3, 0.4) is 0 Å². The number of benzene rings is 2. The highest BCUT2D eigenvalue weighted by Crippen LogP contribution is 2.24. The van der Waals surface area contributed by atoms with E-state index in [2.05, 4.69) is 53.6 Å². The molecular weight excluding hydrogens is 366 g/mol. The molecule has 2 atom stereocenters. The Kier molecular flexibility index (Phi) is 7.15. The average molecular weight is 398 g/mol. The van der Waals surface area contributed by atoms with E-state index in [-0.39, 0.29) is 6.04 Å². The van der Waals surface area contributed by atoms with E-state index in [9.17, 15) is 0 Å². The van der Waals surface area contributed by atoms with Crippen LogP contribution in [0.2, 0.25) is 0 Å². The minimum absolute atomic E-state index is 0.136. The predicted octanol–water partition coefficient (Wildman–Crippen LogP) is 5.37. The Bertz CT molecular complexity index is 760. The lowest BCUT2D eigenvalue weighted by Gasteiger charge is -2.33. The van der Waals surface area contributed by atoms with Gasteiger partial charge in [0.2, 0.25) is 0 Å². The van der Waals surface area contributed by atoms with E-state index in [0.29, 0.717) is 11.7 Å². The Hall–Kier alpha value is -2.27. The first-order valence-electron chi connectivity index (χ1n) is 10.2. The van der Waals surface area contributed by atoms with Crippen molar-refractivity contribution in [3.05, 3.63) is 54.1 Å². The summed E-state index contributed by atoms with van der Waals surface area (Å²) in [5, 5.41) is 7.22. The molecule has 5 heteroatoms. The lowest BCUT2D eigenvalue weighted by molar-refractivity contribution is 0.340. The summed E-state index contributed by atoms with van der Waals surface area (Å²) >= 11 is 5.48. The van der Waals surface area contributed by atoms with Crippen molar-refractivity contribution in [2.75, 3.05) is 29.9 Å². The zero-order valence-electron chi connectivity index (χ0n) is 17.1. The van der Waals surface area contributed by atoms with Gasteiger partial charge in [0.25, 0.3) is 0 Å². The smallest absolute Gasteiger partial charge is 0.171 e. The fraction of sp³-hybridized carbons (Fsp3) is 0.435. The third kappa shape index (κ3) is 5.61. The van der Waals surface area contributed by atoms with E-state index in [4.69, 9.17) is 17.0 Å². The van der Waals surface area contributed by atoms with E-state index in [0.717, 1.165) is 30.4 Å². The zero-order valence-corrected chi connectivity index (χ0v) is 17.9. The van der Waals surface area contributed by atoms with Gasteiger partial charge in [-0.05, 0) is 86.8 Å². The number of thiocarbonyl (C=S) groups is 1. The number of ether oxygens (including phenoxy) is 1. The molecule has 2 aromatic carbocycles. The molecule has 1 fully saturated rings. The van der Waals surface area contributed by atoms with Crippen LogP contribution in [0.4, 0.5) is 11.4 Å². The van der Waals surface area contributed by atoms with Crippen LogP contribution in [0.15, 0.2) is 48.5 Å². The van der Waals surface area contributed by atoms with E-state index in [1.165, 1.54) is 24.1 Å². The summed E-state index contributed by atoms with van der Waals surface area (Å²) in [5.41, 5.74) is 3.49. The van der Waals surface area contributed by atoms with Crippen molar-refractivity contribution in [2.24, 2.45) is 5.92 Å². The van der Waals surface area contributed by atoms with Gasteiger partial charge in [0.05, 0.1) is 12.6 Å². The van der Waals surface area contributed by atoms with Crippen molar-refractivity contribution in [3.8, 4) is 5.75 Å². The molecule has 0 aromatic heterocycles. The van der Waals surface area contributed by atoms with Crippen LogP contribution < -0.4 is 20.3 Å². The molecule has 0 bridgehead atoms. The van der Waals surface area contributed by atoms with Gasteiger partial charge in [0.1, 0.15) is 5.75 Å². The number of anilines is 2. The van der Waals surface area contributed by atoms with Gasteiger partial charge in [0.15, 0.2) is 5.11 Å². The predicted molar refractivity (Wildman–Crippen MR) is 122 cm³/mol. The molecule has 2 unspecified atom stereocenters.